The van der Waals surface area contributed by atoms with E-state index >= 15 is 0 Å². The highest BCUT2D eigenvalue weighted by Gasteiger charge is 2.38. The van der Waals surface area contributed by atoms with Gasteiger partial charge in [0.15, 0.2) is 0 Å². The Morgan fingerprint density at radius 2 is 1.94 bits per heavy atom. The Hall–Kier alpha value is -1.37. The van der Waals surface area contributed by atoms with Crippen LogP contribution < -0.4 is 4.74 Å². The molecule has 0 radical (unpaired) electrons. The van der Waals surface area contributed by atoms with Crippen molar-refractivity contribution in [3.05, 3.63) is 18.5 Å². The lowest BCUT2D eigenvalue weighted by Crippen LogP contribution is -2.56. The summed E-state index contributed by atoms with van der Waals surface area (Å²) in [5.41, 5.74) is 0. The van der Waals surface area contributed by atoms with Crippen molar-refractivity contribution < 1.29 is 17.9 Å². The molecule has 0 aromatic carbocycles. The molecule has 0 unspecified atom stereocenters. The molecule has 0 spiro atoms. The van der Waals surface area contributed by atoms with Gasteiger partial charge in [-0.15, -0.1) is 0 Å². The summed E-state index contributed by atoms with van der Waals surface area (Å²) in [4.78, 5) is 8.92. The summed E-state index contributed by atoms with van der Waals surface area (Å²) >= 11 is 0. The zero-order chi connectivity index (χ0) is 11.6. The molecule has 16 heavy (non-hydrogen) atoms. The molecular weight excluding hydrogens is 223 g/mol. The van der Waals surface area contributed by atoms with Crippen LogP contribution in [0, 0.1) is 0 Å². The van der Waals surface area contributed by atoms with Crippen LogP contribution in [0.3, 0.4) is 0 Å². The Balaban J connectivity index is 1.73. The van der Waals surface area contributed by atoms with Gasteiger partial charge in [-0.05, 0) is 6.07 Å². The highest BCUT2D eigenvalue weighted by Crippen LogP contribution is 2.21. The molecule has 1 saturated heterocycles. The van der Waals surface area contributed by atoms with E-state index in [0.717, 1.165) is 0 Å². The average molecular weight is 233 g/mol. The van der Waals surface area contributed by atoms with Crippen molar-refractivity contribution >= 4 is 0 Å². The van der Waals surface area contributed by atoms with Gasteiger partial charge < -0.3 is 4.74 Å². The second-order valence-electron chi connectivity index (χ2n) is 3.58. The molecule has 1 fully saturated rings. The van der Waals surface area contributed by atoms with Gasteiger partial charge in [-0.1, -0.05) is 0 Å². The molecule has 0 saturated carbocycles. The van der Waals surface area contributed by atoms with E-state index in [1.165, 1.54) is 17.3 Å². The number of halogens is 3. The maximum atomic E-state index is 12.0. The summed E-state index contributed by atoms with van der Waals surface area (Å²) in [5.74, 6) is 0. The average Bonchev–Trinajstić information content (AvgIpc) is 2.14. The molecule has 7 heteroatoms. The first kappa shape index (κ1) is 11.1. The molecule has 1 aromatic heterocycles. The van der Waals surface area contributed by atoms with Gasteiger partial charge in [-0.3, -0.25) is 4.90 Å². The maximum absolute atomic E-state index is 12.0. The Labute approximate surface area is 90.1 Å². The number of rotatable bonds is 3. The predicted octanol–water partition coefficient (Wildman–Crippen LogP) is 1.10. The van der Waals surface area contributed by atoms with Gasteiger partial charge in [0.05, 0.1) is 6.54 Å². The minimum atomic E-state index is -4.14. The summed E-state index contributed by atoms with van der Waals surface area (Å²) in [6, 6.07) is 1.85. The molecule has 2 rings (SSSR count). The zero-order valence-corrected chi connectivity index (χ0v) is 8.31. The van der Waals surface area contributed by atoms with Gasteiger partial charge in [-0.25, -0.2) is 9.97 Å². The van der Waals surface area contributed by atoms with Gasteiger partial charge in [0.2, 0.25) is 0 Å². The van der Waals surface area contributed by atoms with Crippen LogP contribution in [0.2, 0.25) is 0 Å². The van der Waals surface area contributed by atoms with E-state index in [1.807, 2.05) is 0 Å². The second-order valence-corrected chi connectivity index (χ2v) is 3.58. The fourth-order valence-electron chi connectivity index (χ4n) is 1.48. The van der Waals surface area contributed by atoms with Crippen LogP contribution in [0.5, 0.6) is 6.01 Å². The Bertz CT molecular complexity index is 338. The van der Waals surface area contributed by atoms with E-state index in [0.29, 0.717) is 0 Å². The first-order chi connectivity index (χ1) is 7.53. The van der Waals surface area contributed by atoms with E-state index in [-0.39, 0.29) is 25.2 Å². The van der Waals surface area contributed by atoms with Crippen molar-refractivity contribution in [1.82, 2.24) is 14.9 Å². The van der Waals surface area contributed by atoms with E-state index in [2.05, 4.69) is 9.97 Å². The highest BCUT2D eigenvalue weighted by molar-refractivity contribution is 4.96. The fraction of sp³-hybridized carbons (Fsp3) is 0.556. The SMILES string of the molecule is FC(F)(F)CN1CC(Oc2ncccn2)C1. The van der Waals surface area contributed by atoms with Crippen molar-refractivity contribution in [2.24, 2.45) is 0 Å². The lowest BCUT2D eigenvalue weighted by Gasteiger charge is -2.38. The third kappa shape index (κ3) is 3.06. The number of hydrogen-bond acceptors (Lipinski definition) is 4. The topological polar surface area (TPSA) is 38.2 Å². The molecule has 0 N–H and O–H groups in total. The van der Waals surface area contributed by atoms with Crippen LogP contribution in [0.4, 0.5) is 13.2 Å². The molecule has 1 aliphatic heterocycles. The standard InChI is InChI=1S/C9H10F3N3O/c10-9(11,12)6-15-4-7(5-15)16-8-13-2-1-3-14-8/h1-3,7H,4-6H2. The normalized spacial score (nSPS) is 18.2. The third-order valence-electron chi connectivity index (χ3n) is 2.14. The number of hydrogen-bond donors (Lipinski definition) is 0. The van der Waals surface area contributed by atoms with Crippen molar-refractivity contribution in [1.29, 1.82) is 0 Å². The summed E-state index contributed by atoms with van der Waals surface area (Å²) in [6.45, 7) is -0.363. The number of likely N-dealkylation sites (tertiary alicyclic amines) is 1. The first-order valence-electron chi connectivity index (χ1n) is 4.76. The van der Waals surface area contributed by atoms with Gasteiger partial charge in [0.25, 0.3) is 0 Å². The quantitative estimate of drug-likeness (QED) is 0.783. The lowest BCUT2D eigenvalue weighted by atomic mass is 10.2. The minimum Gasteiger partial charge on any atom is -0.457 e. The minimum absolute atomic E-state index is 0.208. The molecule has 0 bridgehead atoms. The van der Waals surface area contributed by atoms with Crippen LogP contribution in [0.25, 0.3) is 0 Å². The van der Waals surface area contributed by atoms with Gasteiger partial charge in [0.1, 0.15) is 6.10 Å². The molecular formula is C9H10F3N3O. The molecule has 0 atom stereocenters. The lowest BCUT2D eigenvalue weighted by molar-refractivity contribution is -0.163. The molecule has 2 heterocycles. The Morgan fingerprint density at radius 1 is 1.31 bits per heavy atom. The molecule has 1 aromatic rings. The maximum Gasteiger partial charge on any atom is 0.401 e. The third-order valence-corrected chi connectivity index (χ3v) is 2.14. The van der Waals surface area contributed by atoms with Crippen molar-refractivity contribution in [2.75, 3.05) is 19.6 Å². The second kappa shape index (κ2) is 4.25. The van der Waals surface area contributed by atoms with Crippen LogP contribution in [-0.4, -0.2) is 46.8 Å². The van der Waals surface area contributed by atoms with Gasteiger partial charge in [0, 0.05) is 25.5 Å². The fourth-order valence-corrected chi connectivity index (χ4v) is 1.48. The van der Waals surface area contributed by atoms with Gasteiger partial charge in [-0.2, -0.15) is 13.2 Å². The van der Waals surface area contributed by atoms with E-state index in [9.17, 15) is 13.2 Å². The summed E-state index contributed by atoms with van der Waals surface area (Å²) < 4.78 is 41.2. The van der Waals surface area contributed by atoms with Crippen molar-refractivity contribution in [2.45, 2.75) is 12.3 Å². The summed E-state index contributed by atoms with van der Waals surface area (Å²) in [6.07, 6.45) is -1.35. The molecule has 88 valence electrons. The monoisotopic (exact) mass is 233 g/mol. The molecule has 4 nitrogen and oxygen atoms in total. The van der Waals surface area contributed by atoms with E-state index < -0.39 is 12.7 Å². The number of alkyl halides is 3. The Morgan fingerprint density at radius 3 is 2.50 bits per heavy atom. The highest BCUT2D eigenvalue weighted by atomic mass is 19.4. The van der Waals surface area contributed by atoms with Crippen molar-refractivity contribution in [3.8, 4) is 6.01 Å². The van der Waals surface area contributed by atoms with Crippen LogP contribution >= 0.6 is 0 Å². The molecule has 1 aliphatic rings. The zero-order valence-electron chi connectivity index (χ0n) is 8.31. The smallest absolute Gasteiger partial charge is 0.401 e. The molecule has 0 amide bonds. The van der Waals surface area contributed by atoms with E-state index in [1.54, 1.807) is 6.07 Å². The van der Waals surface area contributed by atoms with Gasteiger partial charge >= 0.3 is 12.2 Å². The van der Waals surface area contributed by atoms with Crippen LogP contribution in [0.1, 0.15) is 0 Å². The summed E-state index contributed by atoms with van der Waals surface area (Å²) in [5, 5.41) is 0. The largest absolute Gasteiger partial charge is 0.457 e. The predicted molar refractivity (Wildman–Crippen MR) is 48.9 cm³/mol. The Kier molecular flexibility index (Phi) is 2.95. The number of ether oxygens (including phenoxy) is 1. The van der Waals surface area contributed by atoms with Crippen molar-refractivity contribution in [3.63, 3.8) is 0 Å². The summed E-state index contributed by atoms with van der Waals surface area (Å²) in [7, 11) is 0. The number of nitrogens with zero attached hydrogens (tertiary/aromatic N) is 3. The molecule has 0 aliphatic carbocycles. The van der Waals surface area contributed by atoms with Crippen LogP contribution in [-0.2, 0) is 0 Å². The number of aromatic nitrogens is 2. The van der Waals surface area contributed by atoms with Crippen LogP contribution in [0.15, 0.2) is 18.5 Å². The first-order valence-corrected chi connectivity index (χ1v) is 4.76. The van der Waals surface area contributed by atoms with E-state index in [4.69, 9.17) is 4.74 Å².